The molecule has 0 unspecified atom stereocenters. The number of fused-ring (bicyclic) bond motifs is 6. The van der Waals surface area contributed by atoms with Gasteiger partial charge in [-0.3, -0.25) is 0 Å². The van der Waals surface area contributed by atoms with Crippen molar-refractivity contribution in [1.29, 1.82) is 0 Å². The van der Waals surface area contributed by atoms with Crippen LogP contribution in [0, 0.1) is 11.8 Å². The Bertz CT molecular complexity index is 1200. The van der Waals surface area contributed by atoms with Crippen molar-refractivity contribution in [1.82, 2.24) is 4.98 Å². The van der Waals surface area contributed by atoms with Crippen LogP contribution in [0.25, 0.3) is 21.8 Å². The number of carbonyl (C=O) groups is 1. The fourth-order valence-electron chi connectivity index (χ4n) is 4.95. The van der Waals surface area contributed by atoms with Crippen molar-refractivity contribution in [2.75, 3.05) is 21.3 Å². The summed E-state index contributed by atoms with van der Waals surface area (Å²) in [4.78, 5) is 15.9. The topological polar surface area (TPSA) is 73.7 Å². The average molecular weight is 409 g/mol. The van der Waals surface area contributed by atoms with Gasteiger partial charge >= 0.3 is 5.97 Å². The van der Waals surface area contributed by atoms with Crippen LogP contribution in [0.3, 0.4) is 0 Å². The standard InChI is InChI=1S/C23H24N2O5/c1-12-16-10-25-6-5-13-15-8-20(27-2)21(28-3)9-18(15)24-22(13)19(25)7-14(16)17(11-30-12)23(26)29-4/h5-6,8-9,11-12,14,16H,7,10H2,1-4H3/p+1/t12-,14-,16-/m0/s1. The molecule has 0 radical (unpaired) electrons. The molecular weight excluding hydrogens is 384 g/mol. The first-order valence-electron chi connectivity index (χ1n) is 10.1. The number of ether oxygens (including phenoxy) is 4. The highest BCUT2D eigenvalue weighted by Crippen LogP contribution is 2.40. The number of hydrogen-bond donors (Lipinski definition) is 1. The molecule has 0 bridgehead atoms. The Hall–Kier alpha value is -3.22. The lowest BCUT2D eigenvalue weighted by Crippen LogP contribution is -2.53. The first-order valence-corrected chi connectivity index (χ1v) is 10.1. The van der Waals surface area contributed by atoms with Gasteiger partial charge in [0.1, 0.15) is 11.6 Å². The molecule has 0 saturated carbocycles. The largest absolute Gasteiger partial charge is 0.497 e. The number of benzene rings is 1. The van der Waals surface area contributed by atoms with Gasteiger partial charge in [0.15, 0.2) is 24.2 Å². The van der Waals surface area contributed by atoms with E-state index in [-0.39, 0.29) is 23.9 Å². The van der Waals surface area contributed by atoms with E-state index in [0.717, 1.165) is 34.8 Å². The predicted molar refractivity (Wildman–Crippen MR) is 110 cm³/mol. The number of H-pyrrole nitrogens is 1. The van der Waals surface area contributed by atoms with E-state index in [1.165, 1.54) is 12.8 Å². The number of methoxy groups -OCH3 is 3. The summed E-state index contributed by atoms with van der Waals surface area (Å²) in [6.45, 7) is 2.85. The molecule has 156 valence electrons. The molecule has 2 aromatic heterocycles. The second kappa shape index (κ2) is 6.93. The molecule has 1 N–H and O–H groups in total. The van der Waals surface area contributed by atoms with E-state index in [4.69, 9.17) is 18.9 Å². The summed E-state index contributed by atoms with van der Waals surface area (Å²) < 4.78 is 24.0. The minimum Gasteiger partial charge on any atom is -0.497 e. The van der Waals surface area contributed by atoms with Crippen molar-refractivity contribution in [3.05, 3.63) is 41.9 Å². The Morgan fingerprint density at radius 2 is 1.93 bits per heavy atom. The molecule has 0 fully saturated rings. The average Bonchev–Trinajstić information content (AvgIpc) is 3.14. The molecule has 0 spiro atoms. The summed E-state index contributed by atoms with van der Waals surface area (Å²) in [6.07, 6.45) is 4.49. The monoisotopic (exact) mass is 409 g/mol. The normalized spacial score (nSPS) is 22.7. The van der Waals surface area contributed by atoms with E-state index >= 15 is 0 Å². The summed E-state index contributed by atoms with van der Waals surface area (Å²) in [7, 11) is 4.69. The maximum absolute atomic E-state index is 12.4. The molecule has 1 aromatic carbocycles. The van der Waals surface area contributed by atoms with E-state index < -0.39 is 0 Å². The van der Waals surface area contributed by atoms with E-state index in [2.05, 4.69) is 28.7 Å². The second-order valence-electron chi connectivity index (χ2n) is 7.96. The number of carbonyl (C=O) groups excluding carboxylic acids is 1. The van der Waals surface area contributed by atoms with Gasteiger partial charge in [0, 0.05) is 35.2 Å². The third kappa shape index (κ3) is 2.65. The fourth-order valence-corrected chi connectivity index (χ4v) is 4.95. The van der Waals surface area contributed by atoms with Crippen molar-refractivity contribution in [3.63, 3.8) is 0 Å². The summed E-state index contributed by atoms with van der Waals surface area (Å²) in [6, 6.07) is 6.11. The lowest BCUT2D eigenvalue weighted by Gasteiger charge is -2.36. The molecule has 0 aliphatic carbocycles. The fraction of sp³-hybridized carbons (Fsp3) is 0.391. The molecular formula is C23H25N2O5+. The second-order valence-corrected chi connectivity index (χ2v) is 7.96. The Balaban J connectivity index is 1.67. The minimum atomic E-state index is -0.316. The minimum absolute atomic E-state index is 0.0380. The van der Waals surface area contributed by atoms with Crippen LogP contribution in [0.1, 0.15) is 12.6 Å². The van der Waals surface area contributed by atoms with E-state index in [1.54, 1.807) is 20.5 Å². The molecule has 3 aromatic rings. The number of hydrogen-bond acceptors (Lipinski definition) is 5. The summed E-state index contributed by atoms with van der Waals surface area (Å²) >= 11 is 0. The lowest BCUT2D eigenvalue weighted by molar-refractivity contribution is -0.717. The van der Waals surface area contributed by atoms with Gasteiger partial charge in [-0.25, -0.2) is 9.36 Å². The number of nitrogens with one attached hydrogen (secondary N) is 1. The van der Waals surface area contributed by atoms with Crippen LogP contribution in [0.15, 0.2) is 36.2 Å². The smallest absolute Gasteiger partial charge is 0.337 e. The van der Waals surface area contributed by atoms with Crippen LogP contribution in [0.4, 0.5) is 0 Å². The molecule has 30 heavy (non-hydrogen) atoms. The predicted octanol–water partition coefficient (Wildman–Crippen LogP) is 2.89. The van der Waals surface area contributed by atoms with Gasteiger partial charge in [-0.15, -0.1) is 0 Å². The zero-order chi connectivity index (χ0) is 21.0. The Kier molecular flexibility index (Phi) is 4.34. The van der Waals surface area contributed by atoms with Gasteiger partial charge < -0.3 is 23.9 Å². The first kappa shape index (κ1) is 18.8. The van der Waals surface area contributed by atoms with Gasteiger partial charge in [0.05, 0.1) is 44.6 Å². The van der Waals surface area contributed by atoms with Gasteiger partial charge in [-0.2, -0.15) is 0 Å². The number of pyridine rings is 1. The molecule has 0 amide bonds. The highest BCUT2D eigenvalue weighted by molar-refractivity contribution is 6.08. The van der Waals surface area contributed by atoms with Crippen LogP contribution >= 0.6 is 0 Å². The highest BCUT2D eigenvalue weighted by atomic mass is 16.5. The zero-order valence-electron chi connectivity index (χ0n) is 17.5. The number of esters is 1. The number of rotatable bonds is 3. The first-order chi connectivity index (χ1) is 14.5. The Labute approximate surface area is 174 Å². The maximum Gasteiger partial charge on any atom is 0.337 e. The number of nitrogens with zero attached hydrogens (tertiary/aromatic N) is 1. The van der Waals surface area contributed by atoms with E-state index in [9.17, 15) is 4.79 Å². The maximum atomic E-state index is 12.4. The third-order valence-electron chi connectivity index (χ3n) is 6.57. The molecule has 2 aliphatic rings. The molecule has 3 atom stereocenters. The van der Waals surface area contributed by atoms with Crippen molar-refractivity contribution in [2.24, 2.45) is 11.8 Å². The van der Waals surface area contributed by atoms with E-state index in [1.807, 2.05) is 12.1 Å². The molecule has 0 saturated heterocycles. The van der Waals surface area contributed by atoms with Crippen LogP contribution in [-0.2, 0) is 27.2 Å². The van der Waals surface area contributed by atoms with Gasteiger partial charge in [0.25, 0.3) is 0 Å². The Morgan fingerprint density at radius 1 is 1.17 bits per heavy atom. The lowest BCUT2D eigenvalue weighted by atomic mass is 9.76. The van der Waals surface area contributed by atoms with Gasteiger partial charge in [0.2, 0.25) is 5.69 Å². The van der Waals surface area contributed by atoms with Crippen LogP contribution in [0.2, 0.25) is 0 Å². The Morgan fingerprint density at radius 3 is 2.67 bits per heavy atom. The molecule has 5 rings (SSSR count). The summed E-state index contributed by atoms with van der Waals surface area (Å²) in [5.74, 6) is 1.34. The molecule has 7 heteroatoms. The summed E-state index contributed by atoms with van der Waals surface area (Å²) in [5.41, 5.74) is 3.85. The number of aromatic amines is 1. The number of aromatic nitrogens is 2. The van der Waals surface area contributed by atoms with Crippen LogP contribution in [0.5, 0.6) is 11.5 Å². The van der Waals surface area contributed by atoms with Crippen molar-refractivity contribution < 1.29 is 28.3 Å². The molecule has 2 aliphatic heterocycles. The van der Waals surface area contributed by atoms with Crippen molar-refractivity contribution >= 4 is 27.8 Å². The van der Waals surface area contributed by atoms with Crippen molar-refractivity contribution in [2.45, 2.75) is 26.0 Å². The van der Waals surface area contributed by atoms with Gasteiger partial charge in [-0.1, -0.05) is 0 Å². The zero-order valence-corrected chi connectivity index (χ0v) is 17.5. The van der Waals surface area contributed by atoms with Crippen molar-refractivity contribution in [3.8, 4) is 11.5 Å². The molecule has 7 nitrogen and oxygen atoms in total. The molecule has 4 heterocycles. The van der Waals surface area contributed by atoms with Gasteiger partial charge in [-0.05, 0) is 13.0 Å². The van der Waals surface area contributed by atoms with Crippen LogP contribution in [-0.4, -0.2) is 38.4 Å². The SMILES string of the molecule is COC(=O)C1=CO[C@@H](C)[C@@H]2C[n+]3ccc4c([nH]c5cc(OC)c(OC)cc54)c3C[C@H]12. The highest BCUT2D eigenvalue weighted by Gasteiger charge is 2.45. The third-order valence-corrected chi connectivity index (χ3v) is 6.57. The quantitative estimate of drug-likeness (QED) is 0.532. The van der Waals surface area contributed by atoms with Crippen LogP contribution < -0.4 is 14.0 Å². The summed E-state index contributed by atoms with van der Waals surface area (Å²) in [5, 5.41) is 2.21. The van der Waals surface area contributed by atoms with E-state index in [0.29, 0.717) is 17.1 Å².